The van der Waals surface area contributed by atoms with Gasteiger partial charge in [-0.2, -0.15) is 0 Å². The maximum atomic E-state index is 12.2. The van der Waals surface area contributed by atoms with Crippen LogP contribution in [-0.4, -0.2) is 56.8 Å². The van der Waals surface area contributed by atoms with Crippen LogP contribution in [0.15, 0.2) is 25.3 Å². The van der Waals surface area contributed by atoms with E-state index in [4.69, 9.17) is 14.3 Å². The molecule has 138 valence electrons. The monoisotopic (exact) mass is 362 g/mol. The maximum absolute atomic E-state index is 12.2. The van der Waals surface area contributed by atoms with Gasteiger partial charge in [0, 0.05) is 13.1 Å². The van der Waals surface area contributed by atoms with E-state index in [1.165, 1.54) is 16.7 Å². The van der Waals surface area contributed by atoms with Crippen molar-refractivity contribution >= 4 is 19.6 Å². The van der Waals surface area contributed by atoms with E-state index in [-0.39, 0.29) is 13.1 Å². The van der Waals surface area contributed by atoms with Crippen LogP contribution in [0.1, 0.15) is 33.6 Å². The van der Waals surface area contributed by atoms with Gasteiger partial charge in [-0.15, -0.1) is 0 Å². The molecule has 2 amide bonds. The highest BCUT2D eigenvalue weighted by Gasteiger charge is 2.37. The second-order valence-corrected chi connectivity index (χ2v) is 6.38. The summed E-state index contributed by atoms with van der Waals surface area (Å²) >= 11 is 0. The van der Waals surface area contributed by atoms with Crippen molar-refractivity contribution in [3.63, 3.8) is 0 Å². The fourth-order valence-electron chi connectivity index (χ4n) is 2.41. The predicted molar refractivity (Wildman–Crippen MR) is 90.8 cm³/mol. The van der Waals surface area contributed by atoms with Crippen molar-refractivity contribution in [1.82, 2.24) is 9.80 Å². The first-order chi connectivity index (χ1) is 11.1. The van der Waals surface area contributed by atoms with Gasteiger partial charge in [0.25, 0.3) is 0 Å². The summed E-state index contributed by atoms with van der Waals surface area (Å²) in [6, 6.07) is 0. The van der Waals surface area contributed by atoms with Crippen molar-refractivity contribution in [1.29, 1.82) is 0 Å². The molecule has 0 spiro atoms. The topological polar surface area (TPSA) is 107 Å². The fraction of sp³-hybridized carbons (Fsp3) is 0.600. The van der Waals surface area contributed by atoms with E-state index in [1.54, 1.807) is 0 Å². The third-order valence-corrected chi connectivity index (χ3v) is 3.81. The van der Waals surface area contributed by atoms with Crippen LogP contribution in [0, 0.1) is 0 Å². The van der Waals surface area contributed by atoms with E-state index in [0.717, 1.165) is 12.2 Å². The molecular weight excluding hydrogens is 335 g/mol. The van der Waals surface area contributed by atoms with Crippen molar-refractivity contribution in [3.05, 3.63) is 25.3 Å². The van der Waals surface area contributed by atoms with Gasteiger partial charge in [-0.05, 0) is 31.9 Å². The zero-order valence-electron chi connectivity index (χ0n) is 14.4. The van der Waals surface area contributed by atoms with Crippen molar-refractivity contribution in [2.45, 2.75) is 45.9 Å². The SMILES string of the molecule is C=CC(=O)N(CCC)C(C(C)OP(=O)(O)O)N(CCC)C(=O)C=C. The lowest BCUT2D eigenvalue weighted by molar-refractivity contribution is -0.146. The summed E-state index contributed by atoms with van der Waals surface area (Å²) in [6.45, 7) is 12.5. The lowest BCUT2D eigenvalue weighted by atomic mass is 10.2. The summed E-state index contributed by atoms with van der Waals surface area (Å²) in [7, 11) is -4.80. The van der Waals surface area contributed by atoms with Gasteiger partial charge >= 0.3 is 7.82 Å². The van der Waals surface area contributed by atoms with Crippen molar-refractivity contribution in [3.8, 4) is 0 Å². The lowest BCUT2D eigenvalue weighted by Gasteiger charge is -2.41. The average molecular weight is 362 g/mol. The summed E-state index contributed by atoms with van der Waals surface area (Å²) in [5, 5.41) is 0. The normalized spacial score (nSPS) is 12.6. The van der Waals surface area contributed by atoms with Crippen LogP contribution in [0.4, 0.5) is 0 Å². The molecule has 0 aromatic heterocycles. The summed E-state index contributed by atoms with van der Waals surface area (Å²) in [6.07, 6.45) is 1.25. The van der Waals surface area contributed by atoms with Gasteiger partial charge in [0.05, 0.1) is 0 Å². The number of carbonyl (C=O) groups is 2. The van der Waals surface area contributed by atoms with E-state index < -0.39 is 31.9 Å². The Morgan fingerprint density at radius 2 is 1.46 bits per heavy atom. The molecule has 24 heavy (non-hydrogen) atoms. The molecule has 0 fully saturated rings. The van der Waals surface area contributed by atoms with Crippen molar-refractivity contribution in [2.75, 3.05) is 13.1 Å². The summed E-state index contributed by atoms with van der Waals surface area (Å²) < 4.78 is 16.0. The average Bonchev–Trinajstić information content (AvgIpc) is 2.50. The molecule has 0 saturated heterocycles. The molecule has 0 aliphatic rings. The van der Waals surface area contributed by atoms with E-state index in [0.29, 0.717) is 12.8 Å². The number of rotatable bonds is 11. The molecule has 0 aromatic rings. The molecule has 1 atom stereocenters. The number of phosphoric acid groups is 1. The molecule has 1 unspecified atom stereocenters. The fourth-order valence-corrected chi connectivity index (χ4v) is 2.95. The van der Waals surface area contributed by atoms with Gasteiger partial charge < -0.3 is 19.6 Å². The van der Waals surface area contributed by atoms with Gasteiger partial charge in [-0.25, -0.2) is 4.57 Å². The zero-order valence-corrected chi connectivity index (χ0v) is 15.3. The van der Waals surface area contributed by atoms with E-state index in [2.05, 4.69) is 13.2 Å². The second-order valence-electron chi connectivity index (χ2n) is 5.19. The van der Waals surface area contributed by atoms with Crippen LogP contribution in [-0.2, 0) is 18.7 Å². The summed E-state index contributed by atoms with van der Waals surface area (Å²) in [5.74, 6) is -0.915. The molecule has 0 saturated carbocycles. The Labute approximate surface area is 143 Å². The van der Waals surface area contributed by atoms with Gasteiger partial charge in [0.15, 0.2) is 0 Å². The first-order valence-electron chi connectivity index (χ1n) is 7.72. The van der Waals surface area contributed by atoms with E-state index in [9.17, 15) is 14.2 Å². The highest BCUT2D eigenvalue weighted by atomic mass is 31.2. The molecule has 0 aliphatic heterocycles. The maximum Gasteiger partial charge on any atom is 0.469 e. The summed E-state index contributed by atoms with van der Waals surface area (Å²) in [5.41, 5.74) is 0. The number of amides is 2. The minimum absolute atomic E-state index is 0.273. The third-order valence-electron chi connectivity index (χ3n) is 3.21. The van der Waals surface area contributed by atoms with Crippen LogP contribution in [0.25, 0.3) is 0 Å². The summed E-state index contributed by atoms with van der Waals surface area (Å²) in [4.78, 5) is 45.3. The Hall–Kier alpha value is -1.47. The van der Waals surface area contributed by atoms with Gasteiger partial charge in [-0.3, -0.25) is 14.1 Å². The molecule has 0 radical (unpaired) electrons. The number of carbonyl (C=O) groups excluding carboxylic acids is 2. The van der Waals surface area contributed by atoms with E-state index >= 15 is 0 Å². The van der Waals surface area contributed by atoms with Crippen LogP contribution in [0.2, 0.25) is 0 Å². The molecular formula is C15H27N2O6P. The Morgan fingerprint density at radius 3 is 1.71 bits per heavy atom. The quantitative estimate of drug-likeness (QED) is 0.329. The minimum atomic E-state index is -4.80. The van der Waals surface area contributed by atoms with Crippen LogP contribution < -0.4 is 0 Å². The Balaban J connectivity index is 5.96. The smallest absolute Gasteiger partial charge is 0.316 e. The predicted octanol–water partition coefficient (Wildman–Crippen LogP) is 1.66. The third kappa shape index (κ3) is 6.97. The van der Waals surface area contributed by atoms with Crippen molar-refractivity contribution < 1.29 is 28.5 Å². The molecule has 0 aromatic carbocycles. The molecule has 0 bridgehead atoms. The zero-order chi connectivity index (χ0) is 18.9. The number of hydrogen-bond donors (Lipinski definition) is 2. The Morgan fingerprint density at radius 1 is 1.08 bits per heavy atom. The van der Waals surface area contributed by atoms with Crippen LogP contribution >= 0.6 is 7.82 Å². The van der Waals surface area contributed by atoms with Gasteiger partial charge in [0.2, 0.25) is 11.8 Å². The number of nitrogens with zero attached hydrogens (tertiary/aromatic N) is 2. The number of phosphoric ester groups is 1. The molecule has 0 aliphatic carbocycles. The Bertz CT molecular complexity index is 474. The molecule has 2 N–H and O–H groups in total. The molecule has 9 heteroatoms. The largest absolute Gasteiger partial charge is 0.469 e. The minimum Gasteiger partial charge on any atom is -0.316 e. The first kappa shape index (κ1) is 22.5. The standard InChI is InChI=1S/C15H27N2O6P/c1-6-10-16(13(18)8-3)15(12(5)23-24(20,21)22)17(11-7-2)14(19)9-4/h8-9,12,15H,3-4,6-7,10-11H2,1-2,5H3,(H2,20,21,22). The van der Waals surface area contributed by atoms with Crippen molar-refractivity contribution in [2.24, 2.45) is 0 Å². The van der Waals surface area contributed by atoms with Gasteiger partial charge in [0.1, 0.15) is 12.3 Å². The molecule has 0 rings (SSSR count). The number of hydrogen-bond acceptors (Lipinski definition) is 4. The Kier molecular flexibility index (Phi) is 9.77. The first-order valence-corrected chi connectivity index (χ1v) is 9.25. The highest BCUT2D eigenvalue weighted by Crippen LogP contribution is 2.39. The van der Waals surface area contributed by atoms with Crippen LogP contribution in [0.5, 0.6) is 0 Å². The lowest BCUT2D eigenvalue weighted by Crippen LogP contribution is -2.58. The molecule has 0 heterocycles. The van der Waals surface area contributed by atoms with E-state index in [1.807, 2.05) is 13.8 Å². The molecule has 8 nitrogen and oxygen atoms in total. The highest BCUT2D eigenvalue weighted by molar-refractivity contribution is 7.46. The van der Waals surface area contributed by atoms with Gasteiger partial charge in [-0.1, -0.05) is 27.0 Å². The second kappa shape index (κ2) is 10.4. The van der Waals surface area contributed by atoms with Crippen LogP contribution in [0.3, 0.4) is 0 Å².